The Labute approximate surface area is 220 Å². The highest BCUT2D eigenvalue weighted by atomic mass is 32.2. The Balaban J connectivity index is 1.72. The maximum absolute atomic E-state index is 13.5. The third kappa shape index (κ3) is 6.04. The summed E-state index contributed by atoms with van der Waals surface area (Å²) >= 11 is 0. The number of anilines is 2. The van der Waals surface area contributed by atoms with E-state index in [1.165, 1.54) is 0 Å². The first-order valence-corrected chi connectivity index (χ1v) is 14.4. The lowest BCUT2D eigenvalue weighted by Crippen LogP contribution is -2.48. The van der Waals surface area contributed by atoms with Gasteiger partial charge in [0.05, 0.1) is 6.54 Å². The number of aromatic nitrogens is 1. The van der Waals surface area contributed by atoms with Crippen LogP contribution in [0.15, 0.2) is 56.5 Å². The number of fused-ring (bicyclic) bond motifs is 1. The predicted molar refractivity (Wildman–Crippen MR) is 152 cm³/mol. The summed E-state index contributed by atoms with van der Waals surface area (Å²) in [4.78, 5) is 18.9. The number of alkyl halides is 2. The molecule has 0 spiro atoms. The van der Waals surface area contributed by atoms with Crippen LogP contribution < -0.4 is 15.8 Å². The summed E-state index contributed by atoms with van der Waals surface area (Å²) < 4.78 is 31.7. The van der Waals surface area contributed by atoms with Crippen LogP contribution in [-0.2, 0) is 17.7 Å². The van der Waals surface area contributed by atoms with Crippen LogP contribution in [-0.4, -0.2) is 68.3 Å². The molecule has 9 heteroatoms. The maximum atomic E-state index is 13.5. The Morgan fingerprint density at radius 3 is 2.49 bits per heavy atom. The fraction of sp³-hybridized carbons (Fsp3) is 0.464. The van der Waals surface area contributed by atoms with Gasteiger partial charge in [-0.05, 0) is 60.9 Å². The van der Waals surface area contributed by atoms with Crippen molar-refractivity contribution in [1.29, 1.82) is 0 Å². The molecule has 4 rings (SSSR count). The molecular formula is C28H37F2N5OS. The molecule has 0 saturated carbocycles. The monoisotopic (exact) mass is 529 g/mol. The topological polar surface area (TPSA) is 52.9 Å². The zero-order valence-electron chi connectivity index (χ0n) is 22.1. The number of benzene rings is 2. The van der Waals surface area contributed by atoms with Gasteiger partial charge in [0.2, 0.25) is 0 Å². The van der Waals surface area contributed by atoms with Crippen molar-refractivity contribution in [2.24, 2.45) is 11.4 Å². The van der Waals surface area contributed by atoms with Gasteiger partial charge >= 0.3 is 0 Å². The Bertz CT molecular complexity index is 1330. The molecule has 6 nitrogen and oxygen atoms in total. The number of rotatable bonds is 9. The summed E-state index contributed by atoms with van der Waals surface area (Å²) in [5.41, 5.74) is 3.03. The van der Waals surface area contributed by atoms with Gasteiger partial charge in [-0.2, -0.15) is 0 Å². The third-order valence-corrected chi connectivity index (χ3v) is 8.58. The standard InChI is InChI=1S/C28H37F2N5OS/c1-20-17-22(21(2)32-25-7-5-6-8-26(25)37(4)31-11-9-29)23-19-27(33(3)28(36)24(23)18-20)35-15-13-34(12-10-30)14-16-35/h5-8,17-19,21,32H,9-16H2,1-4H3/t21-,37?/m1/s1. The second-order valence-electron chi connectivity index (χ2n) is 9.58. The number of aryl methyl sites for hydroxylation is 1. The fourth-order valence-electron chi connectivity index (χ4n) is 5.05. The van der Waals surface area contributed by atoms with Crippen LogP contribution in [0.5, 0.6) is 0 Å². The smallest absolute Gasteiger partial charge is 0.259 e. The van der Waals surface area contributed by atoms with E-state index in [4.69, 9.17) is 0 Å². The molecule has 1 aliphatic heterocycles. The molecular weight excluding hydrogens is 492 g/mol. The minimum atomic E-state index is -0.458. The molecule has 1 N–H and O–H groups in total. The number of nitrogens with one attached hydrogen (secondary N) is 1. The molecule has 0 radical (unpaired) electrons. The van der Waals surface area contributed by atoms with E-state index in [1.54, 1.807) is 4.57 Å². The minimum absolute atomic E-state index is 0.0173. The lowest BCUT2D eigenvalue weighted by atomic mass is 9.97. The zero-order chi connectivity index (χ0) is 26.5. The van der Waals surface area contributed by atoms with Crippen molar-refractivity contribution < 1.29 is 8.78 Å². The number of piperazine rings is 1. The summed E-state index contributed by atoms with van der Waals surface area (Å²) in [7, 11) is 1.39. The van der Waals surface area contributed by atoms with Gasteiger partial charge in [-0.1, -0.05) is 28.9 Å². The van der Waals surface area contributed by atoms with Crippen molar-refractivity contribution in [2.75, 3.05) is 69.1 Å². The van der Waals surface area contributed by atoms with Gasteiger partial charge in [-0.15, -0.1) is 0 Å². The second-order valence-corrected chi connectivity index (χ2v) is 11.2. The highest BCUT2D eigenvalue weighted by Crippen LogP contribution is 2.31. The van der Waals surface area contributed by atoms with Crippen molar-refractivity contribution in [2.45, 2.75) is 24.8 Å². The average Bonchev–Trinajstić information content (AvgIpc) is 2.90. The van der Waals surface area contributed by atoms with Crippen molar-refractivity contribution in [3.63, 3.8) is 0 Å². The molecule has 0 amide bonds. The quantitative estimate of drug-likeness (QED) is 0.430. The van der Waals surface area contributed by atoms with Gasteiger partial charge in [0.25, 0.3) is 5.56 Å². The molecule has 1 saturated heterocycles. The first-order valence-electron chi connectivity index (χ1n) is 12.8. The molecule has 1 unspecified atom stereocenters. The van der Waals surface area contributed by atoms with E-state index in [0.717, 1.165) is 59.1 Å². The number of para-hydroxylation sites is 1. The Morgan fingerprint density at radius 2 is 1.78 bits per heavy atom. The number of nitrogens with zero attached hydrogens (tertiary/aromatic N) is 4. The summed E-state index contributed by atoms with van der Waals surface area (Å²) in [5.74, 6) is 0.884. The molecule has 0 bridgehead atoms. The molecule has 1 fully saturated rings. The second kappa shape index (κ2) is 12.2. The van der Waals surface area contributed by atoms with E-state index >= 15 is 0 Å². The van der Waals surface area contributed by atoms with E-state index in [2.05, 4.69) is 38.5 Å². The van der Waals surface area contributed by atoms with Crippen LogP contribution in [0.2, 0.25) is 0 Å². The van der Waals surface area contributed by atoms with Crippen molar-refractivity contribution in [3.8, 4) is 0 Å². The molecule has 3 aromatic rings. The van der Waals surface area contributed by atoms with Crippen LogP contribution >= 0.6 is 0 Å². The van der Waals surface area contributed by atoms with E-state index in [0.29, 0.717) is 11.9 Å². The van der Waals surface area contributed by atoms with Crippen LogP contribution in [0.3, 0.4) is 0 Å². The van der Waals surface area contributed by atoms with Crippen molar-refractivity contribution in [3.05, 3.63) is 63.9 Å². The number of hydrogen-bond donors (Lipinski definition) is 1. The normalized spacial score (nSPS) is 16.3. The van der Waals surface area contributed by atoms with Gasteiger partial charge in [-0.3, -0.25) is 18.6 Å². The Morgan fingerprint density at radius 1 is 1.05 bits per heavy atom. The first-order chi connectivity index (χ1) is 17.8. The number of hydrogen-bond acceptors (Lipinski definition) is 5. The average molecular weight is 530 g/mol. The summed E-state index contributed by atoms with van der Waals surface area (Å²) in [6.45, 7) is 7.03. The molecule has 0 aliphatic carbocycles. The largest absolute Gasteiger partial charge is 0.378 e. The lowest BCUT2D eigenvalue weighted by Gasteiger charge is -2.36. The SMILES string of the molecule is Cc1cc([C@@H](C)Nc2ccccc2S(C)=NCCF)c2cc(N3CCN(CCF)CC3)n(C)c(=O)c2c1. The molecule has 2 heterocycles. The van der Waals surface area contributed by atoms with E-state index in [9.17, 15) is 13.6 Å². The van der Waals surface area contributed by atoms with Gasteiger partial charge in [0.15, 0.2) is 0 Å². The van der Waals surface area contributed by atoms with Gasteiger partial charge in [0.1, 0.15) is 19.2 Å². The molecule has 37 heavy (non-hydrogen) atoms. The van der Waals surface area contributed by atoms with Gasteiger partial charge in [0, 0.05) is 61.8 Å². The fourth-order valence-corrected chi connectivity index (χ4v) is 6.25. The summed E-state index contributed by atoms with van der Waals surface area (Å²) in [6.07, 6.45) is 2.01. The third-order valence-electron chi connectivity index (χ3n) is 7.02. The minimum Gasteiger partial charge on any atom is -0.378 e. The molecule has 200 valence electrons. The molecule has 2 atom stereocenters. The number of halogens is 2. The zero-order valence-corrected chi connectivity index (χ0v) is 23.0. The molecule has 2 aromatic carbocycles. The summed E-state index contributed by atoms with van der Waals surface area (Å²) in [5, 5.41) is 5.28. The highest BCUT2D eigenvalue weighted by molar-refractivity contribution is 7.86. The first kappa shape index (κ1) is 27.3. The Kier molecular flexibility index (Phi) is 8.97. The van der Waals surface area contributed by atoms with Crippen LogP contribution in [0.25, 0.3) is 10.8 Å². The van der Waals surface area contributed by atoms with Crippen LogP contribution in [0.4, 0.5) is 20.3 Å². The highest BCUT2D eigenvalue weighted by Gasteiger charge is 2.22. The molecule has 1 aliphatic rings. The van der Waals surface area contributed by atoms with Crippen LogP contribution in [0, 0.1) is 6.92 Å². The van der Waals surface area contributed by atoms with Gasteiger partial charge < -0.3 is 10.2 Å². The van der Waals surface area contributed by atoms with Crippen molar-refractivity contribution in [1.82, 2.24) is 9.47 Å². The predicted octanol–water partition coefficient (Wildman–Crippen LogP) is 4.87. The van der Waals surface area contributed by atoms with Gasteiger partial charge in [-0.25, -0.2) is 8.78 Å². The maximum Gasteiger partial charge on any atom is 0.259 e. The van der Waals surface area contributed by atoms with E-state index in [1.807, 2.05) is 50.6 Å². The van der Waals surface area contributed by atoms with E-state index in [-0.39, 0.29) is 24.8 Å². The lowest BCUT2D eigenvalue weighted by molar-refractivity contribution is 0.234. The summed E-state index contributed by atoms with van der Waals surface area (Å²) in [6, 6.07) is 14.2. The number of pyridine rings is 1. The Hall–Kier alpha value is -2.78. The van der Waals surface area contributed by atoms with Crippen molar-refractivity contribution >= 4 is 33.0 Å². The van der Waals surface area contributed by atoms with E-state index < -0.39 is 17.4 Å². The van der Waals surface area contributed by atoms with Crippen LogP contribution in [0.1, 0.15) is 24.1 Å². The molecule has 1 aromatic heterocycles.